The fraction of sp³-hybridized carbons (Fsp3) is 0.533. The standard InChI is InChI=1S/C15H23NO3S/c1-11(17)16-8-7-12-9-13(5-6-14(12)16)20(18,19)10-15(2,3)4/h5-6,9,18-19H,7-8,10H2,1-4H3. The van der Waals surface area contributed by atoms with E-state index in [4.69, 9.17) is 0 Å². The first-order valence-electron chi connectivity index (χ1n) is 6.77. The molecule has 1 aliphatic heterocycles. The van der Waals surface area contributed by atoms with E-state index in [0.29, 0.717) is 17.2 Å². The second-order valence-electron chi connectivity index (χ2n) is 6.58. The van der Waals surface area contributed by atoms with Crippen molar-refractivity contribution >= 4 is 22.2 Å². The Balaban J connectivity index is 2.31. The summed E-state index contributed by atoms with van der Waals surface area (Å²) in [6.45, 7) is 8.20. The monoisotopic (exact) mass is 297 g/mol. The summed E-state index contributed by atoms with van der Waals surface area (Å²) in [5.41, 5.74) is 1.77. The Kier molecular flexibility index (Phi) is 3.88. The molecule has 1 heterocycles. The van der Waals surface area contributed by atoms with Gasteiger partial charge < -0.3 is 4.90 Å². The van der Waals surface area contributed by atoms with Crippen molar-refractivity contribution in [2.45, 2.75) is 39.0 Å². The molecular weight excluding hydrogens is 274 g/mol. The maximum atomic E-state index is 11.5. The van der Waals surface area contributed by atoms with E-state index >= 15 is 0 Å². The van der Waals surface area contributed by atoms with Crippen LogP contribution in [0.2, 0.25) is 0 Å². The van der Waals surface area contributed by atoms with Crippen molar-refractivity contribution < 1.29 is 13.9 Å². The Labute approximate surface area is 122 Å². The number of hydrogen-bond acceptors (Lipinski definition) is 3. The normalized spacial score (nSPS) is 16.2. The van der Waals surface area contributed by atoms with Gasteiger partial charge in [0.15, 0.2) is 0 Å². The van der Waals surface area contributed by atoms with Crippen LogP contribution in [-0.2, 0) is 11.2 Å². The third-order valence-corrected chi connectivity index (χ3v) is 5.62. The number of amides is 1. The molecule has 4 nitrogen and oxygen atoms in total. The highest BCUT2D eigenvalue weighted by Crippen LogP contribution is 2.52. The molecule has 0 bridgehead atoms. The van der Waals surface area contributed by atoms with Crippen molar-refractivity contribution in [3.05, 3.63) is 23.8 Å². The zero-order chi connectivity index (χ0) is 15.1. The van der Waals surface area contributed by atoms with Crippen molar-refractivity contribution in [2.24, 2.45) is 5.41 Å². The molecule has 1 aromatic carbocycles. The van der Waals surface area contributed by atoms with Gasteiger partial charge >= 0.3 is 0 Å². The van der Waals surface area contributed by atoms with Crippen molar-refractivity contribution in [3.8, 4) is 0 Å². The van der Waals surface area contributed by atoms with Crippen LogP contribution in [0.4, 0.5) is 5.69 Å². The molecule has 0 aromatic heterocycles. The van der Waals surface area contributed by atoms with Gasteiger partial charge in [-0.25, -0.2) is 0 Å². The summed E-state index contributed by atoms with van der Waals surface area (Å²) < 4.78 is 20.8. The Hall–Kier alpha value is -1.04. The second-order valence-corrected chi connectivity index (χ2v) is 8.68. The maximum absolute atomic E-state index is 11.5. The molecule has 1 aromatic rings. The molecule has 2 rings (SSSR count). The van der Waals surface area contributed by atoms with Crippen molar-refractivity contribution in [3.63, 3.8) is 0 Å². The van der Waals surface area contributed by atoms with Crippen LogP contribution in [0.25, 0.3) is 0 Å². The summed E-state index contributed by atoms with van der Waals surface area (Å²) in [7, 11) is -2.78. The predicted octanol–water partition coefficient (Wildman–Crippen LogP) is 3.75. The van der Waals surface area contributed by atoms with E-state index in [0.717, 1.165) is 17.7 Å². The largest absolute Gasteiger partial charge is 0.312 e. The lowest BCUT2D eigenvalue weighted by molar-refractivity contribution is -0.116. The van der Waals surface area contributed by atoms with E-state index < -0.39 is 10.6 Å². The van der Waals surface area contributed by atoms with E-state index in [1.165, 1.54) is 0 Å². The summed E-state index contributed by atoms with van der Waals surface area (Å²) in [6.07, 6.45) is 0.772. The van der Waals surface area contributed by atoms with Crippen LogP contribution in [-0.4, -0.2) is 27.3 Å². The topological polar surface area (TPSA) is 60.8 Å². The predicted molar refractivity (Wildman–Crippen MR) is 83.6 cm³/mol. The molecule has 0 saturated carbocycles. The molecule has 0 unspecified atom stereocenters. The lowest BCUT2D eigenvalue weighted by Gasteiger charge is -2.38. The molecule has 1 amide bonds. The average molecular weight is 297 g/mol. The van der Waals surface area contributed by atoms with Gasteiger partial charge in [0.2, 0.25) is 5.91 Å². The molecule has 20 heavy (non-hydrogen) atoms. The molecule has 1 aliphatic rings. The Morgan fingerprint density at radius 1 is 1.35 bits per heavy atom. The third kappa shape index (κ3) is 3.16. The SMILES string of the molecule is CC(=O)N1CCc2cc(S(O)(O)CC(C)(C)C)ccc21. The molecule has 0 atom stereocenters. The summed E-state index contributed by atoms with van der Waals surface area (Å²) in [4.78, 5) is 13.8. The van der Waals surface area contributed by atoms with Crippen LogP contribution in [0, 0.1) is 5.41 Å². The number of benzene rings is 1. The molecule has 112 valence electrons. The molecule has 0 saturated heterocycles. The van der Waals surface area contributed by atoms with Crippen molar-refractivity contribution in [2.75, 3.05) is 17.2 Å². The van der Waals surface area contributed by atoms with Crippen LogP contribution in [0.15, 0.2) is 23.1 Å². The van der Waals surface area contributed by atoms with Gasteiger partial charge in [-0.15, -0.1) is 0 Å². The molecule has 0 spiro atoms. The number of anilines is 1. The smallest absolute Gasteiger partial charge is 0.223 e. The van der Waals surface area contributed by atoms with Crippen LogP contribution in [0.3, 0.4) is 0 Å². The van der Waals surface area contributed by atoms with Gasteiger partial charge in [-0.05, 0) is 35.6 Å². The summed E-state index contributed by atoms with van der Waals surface area (Å²) in [5, 5.41) is 0. The molecule has 5 heteroatoms. The van der Waals surface area contributed by atoms with E-state index in [2.05, 4.69) is 0 Å². The summed E-state index contributed by atoms with van der Waals surface area (Å²) in [6, 6.07) is 5.41. The molecule has 2 N–H and O–H groups in total. The minimum atomic E-state index is -2.78. The fourth-order valence-corrected chi connectivity index (χ4v) is 4.59. The van der Waals surface area contributed by atoms with Crippen molar-refractivity contribution in [1.29, 1.82) is 0 Å². The summed E-state index contributed by atoms with van der Waals surface area (Å²) >= 11 is 0. The van der Waals surface area contributed by atoms with Crippen LogP contribution in [0.1, 0.15) is 33.3 Å². The quantitative estimate of drug-likeness (QED) is 0.874. The Bertz CT molecular complexity index is 534. The molecule has 0 aliphatic carbocycles. The van der Waals surface area contributed by atoms with Crippen molar-refractivity contribution in [1.82, 2.24) is 0 Å². The highest BCUT2D eigenvalue weighted by molar-refractivity contribution is 8.24. The number of carbonyl (C=O) groups excluding carboxylic acids is 1. The van der Waals surface area contributed by atoms with Gasteiger partial charge in [0.05, 0.1) is 4.90 Å². The van der Waals surface area contributed by atoms with E-state index in [-0.39, 0.29) is 11.3 Å². The average Bonchev–Trinajstić information content (AvgIpc) is 2.67. The maximum Gasteiger partial charge on any atom is 0.223 e. The fourth-order valence-electron chi connectivity index (χ4n) is 2.60. The third-order valence-electron chi connectivity index (χ3n) is 3.34. The Morgan fingerprint density at radius 3 is 2.55 bits per heavy atom. The van der Waals surface area contributed by atoms with Crippen LogP contribution < -0.4 is 4.90 Å². The van der Waals surface area contributed by atoms with Gasteiger partial charge in [0.25, 0.3) is 0 Å². The first-order valence-corrected chi connectivity index (χ1v) is 8.49. The van der Waals surface area contributed by atoms with Gasteiger partial charge in [-0.2, -0.15) is 10.6 Å². The number of hydrogen-bond donors (Lipinski definition) is 2. The lowest BCUT2D eigenvalue weighted by Crippen LogP contribution is -2.25. The van der Waals surface area contributed by atoms with Crippen LogP contribution >= 0.6 is 10.6 Å². The number of fused-ring (bicyclic) bond motifs is 1. The zero-order valence-corrected chi connectivity index (χ0v) is 13.3. The van der Waals surface area contributed by atoms with Gasteiger partial charge in [0, 0.05) is 24.9 Å². The molecule has 0 radical (unpaired) electrons. The van der Waals surface area contributed by atoms with Gasteiger partial charge in [0.1, 0.15) is 0 Å². The second kappa shape index (κ2) is 5.06. The Morgan fingerprint density at radius 2 is 2.00 bits per heavy atom. The zero-order valence-electron chi connectivity index (χ0n) is 12.5. The highest BCUT2D eigenvalue weighted by atomic mass is 32.3. The van der Waals surface area contributed by atoms with Crippen LogP contribution in [0.5, 0.6) is 0 Å². The summed E-state index contributed by atoms with van der Waals surface area (Å²) in [5.74, 6) is 0.368. The first-order chi connectivity index (χ1) is 9.10. The minimum Gasteiger partial charge on any atom is -0.312 e. The van der Waals surface area contributed by atoms with E-state index in [1.54, 1.807) is 17.9 Å². The lowest BCUT2D eigenvalue weighted by atomic mass is 10.0. The van der Waals surface area contributed by atoms with E-state index in [9.17, 15) is 13.9 Å². The van der Waals surface area contributed by atoms with Gasteiger partial charge in [-0.1, -0.05) is 20.8 Å². The number of nitrogens with zero attached hydrogens (tertiary/aromatic N) is 1. The minimum absolute atomic E-state index is 0.0257. The number of carbonyl (C=O) groups is 1. The highest BCUT2D eigenvalue weighted by Gasteiger charge is 2.27. The van der Waals surface area contributed by atoms with E-state index in [1.807, 2.05) is 32.9 Å². The van der Waals surface area contributed by atoms with Gasteiger partial charge in [-0.3, -0.25) is 13.9 Å². The molecule has 0 fully saturated rings. The first kappa shape index (κ1) is 15.4. The number of rotatable bonds is 2. The molecular formula is C15H23NO3S.